The van der Waals surface area contributed by atoms with Gasteiger partial charge in [-0.25, -0.2) is 0 Å². The summed E-state index contributed by atoms with van der Waals surface area (Å²) in [6.45, 7) is 1.68. The van der Waals surface area contributed by atoms with Gasteiger partial charge in [0, 0.05) is 17.9 Å². The third-order valence-electron chi connectivity index (χ3n) is 3.84. The van der Waals surface area contributed by atoms with E-state index in [1.54, 1.807) is 0 Å². The Balaban J connectivity index is 2.01. The summed E-state index contributed by atoms with van der Waals surface area (Å²) in [5.41, 5.74) is 4.44. The van der Waals surface area contributed by atoms with Crippen LogP contribution in [-0.2, 0) is 5.75 Å². The van der Waals surface area contributed by atoms with E-state index in [4.69, 9.17) is 0 Å². The molecule has 0 fully saturated rings. The Kier molecular flexibility index (Phi) is 7.35. The average molecular weight is 343 g/mol. The number of hydrogen-bond acceptors (Lipinski definition) is 3. The quantitative estimate of drug-likeness (QED) is 0.739. The molecule has 2 aromatic carbocycles. The lowest BCUT2D eigenvalue weighted by molar-refractivity contribution is 0.0952. The van der Waals surface area contributed by atoms with Gasteiger partial charge in [0.2, 0.25) is 0 Å². The molecule has 0 spiro atoms. The summed E-state index contributed by atoms with van der Waals surface area (Å²) >= 11 is 1.82. The van der Waals surface area contributed by atoms with E-state index in [0.29, 0.717) is 12.1 Å². The fourth-order valence-corrected chi connectivity index (χ4v) is 3.15. The number of hydrogen-bond donors (Lipinski definition) is 1. The van der Waals surface area contributed by atoms with E-state index in [0.717, 1.165) is 24.3 Å². The molecular formula is C20H26N2OS. The zero-order chi connectivity index (χ0) is 17.4. The van der Waals surface area contributed by atoms with E-state index in [1.165, 1.54) is 11.1 Å². The predicted octanol–water partition coefficient (Wildman–Crippen LogP) is 3.90. The maximum absolute atomic E-state index is 12.2. The first kappa shape index (κ1) is 18.6. The smallest absolute Gasteiger partial charge is 0.251 e. The van der Waals surface area contributed by atoms with Gasteiger partial charge in [0.05, 0.1) is 0 Å². The summed E-state index contributed by atoms with van der Waals surface area (Å²) in [4.78, 5) is 14.3. The Labute approximate surface area is 149 Å². The summed E-state index contributed by atoms with van der Waals surface area (Å²) in [6.07, 6.45) is 3.07. The standard InChI is InChI=1S/C20H26N2OS/c1-22(2)14-6-13-21-20(23)17-11-9-16(10-12-17)19-8-5-4-7-18(19)15-24-3/h4-5,7-12H,6,13-15H2,1-3H3,(H,21,23). The maximum Gasteiger partial charge on any atom is 0.251 e. The zero-order valence-corrected chi connectivity index (χ0v) is 15.5. The van der Waals surface area contributed by atoms with Gasteiger partial charge in [-0.15, -0.1) is 0 Å². The van der Waals surface area contributed by atoms with Gasteiger partial charge in [-0.05, 0) is 62.1 Å². The van der Waals surface area contributed by atoms with Crippen molar-refractivity contribution >= 4 is 17.7 Å². The first-order valence-corrected chi connectivity index (χ1v) is 9.61. The number of rotatable bonds is 8. The van der Waals surface area contributed by atoms with Crippen molar-refractivity contribution in [1.82, 2.24) is 10.2 Å². The van der Waals surface area contributed by atoms with Gasteiger partial charge in [0.1, 0.15) is 0 Å². The van der Waals surface area contributed by atoms with Crippen LogP contribution in [0.5, 0.6) is 0 Å². The number of amides is 1. The molecule has 0 unspecified atom stereocenters. The van der Waals surface area contributed by atoms with Crippen molar-refractivity contribution in [2.45, 2.75) is 12.2 Å². The molecule has 24 heavy (non-hydrogen) atoms. The van der Waals surface area contributed by atoms with Crippen molar-refractivity contribution in [1.29, 1.82) is 0 Å². The molecule has 0 radical (unpaired) electrons. The topological polar surface area (TPSA) is 32.3 Å². The molecule has 0 atom stereocenters. The zero-order valence-electron chi connectivity index (χ0n) is 14.7. The highest BCUT2D eigenvalue weighted by Gasteiger charge is 2.07. The fraction of sp³-hybridized carbons (Fsp3) is 0.350. The van der Waals surface area contributed by atoms with Crippen LogP contribution in [0.4, 0.5) is 0 Å². The Morgan fingerprint density at radius 1 is 1.08 bits per heavy atom. The molecule has 0 saturated heterocycles. The lowest BCUT2D eigenvalue weighted by Gasteiger charge is -2.11. The van der Waals surface area contributed by atoms with E-state index in [9.17, 15) is 4.79 Å². The Morgan fingerprint density at radius 2 is 1.79 bits per heavy atom. The first-order chi connectivity index (χ1) is 11.6. The van der Waals surface area contributed by atoms with Crippen LogP contribution in [0.15, 0.2) is 48.5 Å². The van der Waals surface area contributed by atoms with Crippen LogP contribution in [0.1, 0.15) is 22.3 Å². The predicted molar refractivity (Wildman–Crippen MR) is 105 cm³/mol. The molecule has 0 bridgehead atoms. The number of carbonyl (C=O) groups excluding carboxylic acids is 1. The number of nitrogens with zero attached hydrogens (tertiary/aromatic N) is 1. The second kappa shape index (κ2) is 9.50. The minimum Gasteiger partial charge on any atom is -0.352 e. The van der Waals surface area contributed by atoms with Gasteiger partial charge in [-0.3, -0.25) is 4.79 Å². The summed E-state index contributed by atoms with van der Waals surface area (Å²) in [7, 11) is 4.07. The number of benzene rings is 2. The SMILES string of the molecule is CSCc1ccccc1-c1ccc(C(=O)NCCCN(C)C)cc1. The minimum atomic E-state index is -0.00212. The second-order valence-electron chi connectivity index (χ2n) is 6.08. The summed E-state index contributed by atoms with van der Waals surface area (Å²) in [6, 6.07) is 16.3. The normalized spacial score (nSPS) is 10.8. The van der Waals surface area contributed by atoms with Crippen LogP contribution in [0.25, 0.3) is 11.1 Å². The van der Waals surface area contributed by atoms with Crippen LogP contribution < -0.4 is 5.32 Å². The highest BCUT2D eigenvalue weighted by molar-refractivity contribution is 7.97. The third kappa shape index (κ3) is 5.39. The van der Waals surface area contributed by atoms with Crippen LogP contribution in [-0.4, -0.2) is 44.2 Å². The average Bonchev–Trinajstić information content (AvgIpc) is 2.59. The molecule has 128 valence electrons. The van der Waals surface area contributed by atoms with Crippen molar-refractivity contribution in [3.63, 3.8) is 0 Å². The van der Waals surface area contributed by atoms with Crippen LogP contribution >= 0.6 is 11.8 Å². The molecule has 0 heterocycles. The Bertz CT molecular complexity index is 653. The van der Waals surface area contributed by atoms with Crippen molar-refractivity contribution in [2.24, 2.45) is 0 Å². The van der Waals surface area contributed by atoms with E-state index in [1.807, 2.05) is 50.1 Å². The summed E-state index contributed by atoms with van der Waals surface area (Å²) < 4.78 is 0. The van der Waals surface area contributed by atoms with Crippen molar-refractivity contribution < 1.29 is 4.79 Å². The molecule has 0 aliphatic carbocycles. The van der Waals surface area contributed by atoms with Gasteiger partial charge in [0.15, 0.2) is 0 Å². The first-order valence-electron chi connectivity index (χ1n) is 8.22. The Hall–Kier alpha value is -1.78. The highest BCUT2D eigenvalue weighted by atomic mass is 32.2. The molecule has 1 amide bonds. The van der Waals surface area contributed by atoms with E-state index >= 15 is 0 Å². The minimum absolute atomic E-state index is 0.00212. The third-order valence-corrected chi connectivity index (χ3v) is 4.44. The lowest BCUT2D eigenvalue weighted by atomic mass is 9.99. The number of thioether (sulfide) groups is 1. The van der Waals surface area contributed by atoms with E-state index in [-0.39, 0.29) is 5.91 Å². The molecule has 0 aromatic heterocycles. The van der Waals surface area contributed by atoms with Crippen LogP contribution in [0.2, 0.25) is 0 Å². The number of carbonyl (C=O) groups is 1. The molecule has 4 heteroatoms. The molecule has 0 aliphatic heterocycles. The highest BCUT2D eigenvalue weighted by Crippen LogP contribution is 2.26. The van der Waals surface area contributed by atoms with Crippen LogP contribution in [0.3, 0.4) is 0 Å². The molecule has 2 rings (SSSR count). The van der Waals surface area contributed by atoms with Crippen molar-refractivity contribution in [2.75, 3.05) is 33.4 Å². The second-order valence-corrected chi connectivity index (χ2v) is 6.95. The molecule has 0 aliphatic rings. The molecule has 2 aromatic rings. The fourth-order valence-electron chi connectivity index (χ4n) is 2.58. The molecule has 0 saturated carbocycles. The van der Waals surface area contributed by atoms with Gasteiger partial charge in [-0.1, -0.05) is 36.4 Å². The van der Waals surface area contributed by atoms with Gasteiger partial charge < -0.3 is 10.2 Å². The maximum atomic E-state index is 12.2. The monoisotopic (exact) mass is 342 g/mol. The van der Waals surface area contributed by atoms with Gasteiger partial charge in [0.25, 0.3) is 5.91 Å². The van der Waals surface area contributed by atoms with Crippen LogP contribution in [0, 0.1) is 0 Å². The summed E-state index contributed by atoms with van der Waals surface area (Å²) in [5.74, 6) is 0.988. The van der Waals surface area contributed by atoms with Crippen molar-refractivity contribution in [3.05, 3.63) is 59.7 Å². The van der Waals surface area contributed by atoms with Gasteiger partial charge >= 0.3 is 0 Å². The van der Waals surface area contributed by atoms with E-state index < -0.39 is 0 Å². The molecular weight excluding hydrogens is 316 g/mol. The number of nitrogens with one attached hydrogen (secondary N) is 1. The van der Waals surface area contributed by atoms with Crippen molar-refractivity contribution in [3.8, 4) is 11.1 Å². The molecule has 3 nitrogen and oxygen atoms in total. The van der Waals surface area contributed by atoms with E-state index in [2.05, 4.69) is 40.7 Å². The Morgan fingerprint density at radius 3 is 2.46 bits per heavy atom. The lowest BCUT2D eigenvalue weighted by Crippen LogP contribution is -2.27. The summed E-state index contributed by atoms with van der Waals surface area (Å²) in [5, 5.41) is 2.98. The largest absolute Gasteiger partial charge is 0.352 e. The molecule has 1 N–H and O–H groups in total. The van der Waals surface area contributed by atoms with Gasteiger partial charge in [-0.2, -0.15) is 11.8 Å².